The molecule has 1 N–H and O–H groups in total. The van der Waals surface area contributed by atoms with Crippen molar-refractivity contribution in [2.75, 3.05) is 6.61 Å². The zero-order chi connectivity index (χ0) is 13.5. The van der Waals surface area contributed by atoms with E-state index in [2.05, 4.69) is 43.4 Å². The monoisotopic (exact) mass is 249 g/mol. The van der Waals surface area contributed by atoms with Gasteiger partial charge < -0.3 is 10.1 Å². The number of alkyl carbamates (subject to hydrolysis) is 1. The number of ether oxygens (including phenoxy) is 1. The number of amides is 1. The molecule has 0 bridgehead atoms. The predicted octanol–water partition coefficient (Wildman–Crippen LogP) is 3.69. The lowest BCUT2D eigenvalue weighted by atomic mass is 10.00. The van der Waals surface area contributed by atoms with Crippen LogP contribution >= 0.6 is 0 Å². The third-order valence-electron chi connectivity index (χ3n) is 2.73. The van der Waals surface area contributed by atoms with Crippen LogP contribution in [0.3, 0.4) is 0 Å². The molecule has 1 amide bonds. The lowest BCUT2D eigenvalue weighted by molar-refractivity contribution is 0.149. The topological polar surface area (TPSA) is 38.3 Å². The highest BCUT2D eigenvalue weighted by atomic mass is 16.5. The minimum atomic E-state index is -0.365. The van der Waals surface area contributed by atoms with Crippen LogP contribution in [-0.4, -0.2) is 12.7 Å². The summed E-state index contributed by atoms with van der Waals surface area (Å²) < 4.78 is 4.86. The number of carbonyl (C=O) groups excluding carboxylic acids is 1. The SMILES string of the molecule is CCOC(=O)NC(C)c1ccc(CC(C)C)cc1. The van der Waals surface area contributed by atoms with E-state index in [1.807, 2.05) is 6.92 Å². The first-order chi connectivity index (χ1) is 8.52. The van der Waals surface area contributed by atoms with Crippen molar-refractivity contribution < 1.29 is 9.53 Å². The summed E-state index contributed by atoms with van der Waals surface area (Å²) in [6, 6.07) is 8.35. The average Bonchev–Trinajstić information content (AvgIpc) is 2.29. The fourth-order valence-corrected chi connectivity index (χ4v) is 1.85. The molecule has 1 aromatic rings. The van der Waals surface area contributed by atoms with E-state index in [-0.39, 0.29) is 12.1 Å². The molecule has 18 heavy (non-hydrogen) atoms. The van der Waals surface area contributed by atoms with E-state index in [4.69, 9.17) is 4.74 Å². The highest BCUT2D eigenvalue weighted by Gasteiger charge is 2.09. The van der Waals surface area contributed by atoms with Crippen molar-refractivity contribution in [1.29, 1.82) is 0 Å². The molecule has 3 heteroatoms. The Kier molecular flexibility index (Phi) is 5.69. The molecule has 0 saturated carbocycles. The molecule has 100 valence electrons. The minimum absolute atomic E-state index is 0.0304. The molecular formula is C15H23NO2. The maximum Gasteiger partial charge on any atom is 0.407 e. The smallest absolute Gasteiger partial charge is 0.407 e. The van der Waals surface area contributed by atoms with Crippen molar-refractivity contribution in [3.8, 4) is 0 Å². The molecule has 0 aliphatic carbocycles. The summed E-state index contributed by atoms with van der Waals surface area (Å²) in [6.07, 6.45) is 0.719. The average molecular weight is 249 g/mol. The summed E-state index contributed by atoms with van der Waals surface area (Å²) in [7, 11) is 0. The van der Waals surface area contributed by atoms with Gasteiger partial charge in [-0.25, -0.2) is 4.79 Å². The van der Waals surface area contributed by atoms with Gasteiger partial charge in [-0.2, -0.15) is 0 Å². The van der Waals surface area contributed by atoms with E-state index in [9.17, 15) is 4.79 Å². The second kappa shape index (κ2) is 7.04. The summed E-state index contributed by atoms with van der Waals surface area (Å²) >= 11 is 0. The number of hydrogen-bond donors (Lipinski definition) is 1. The first kappa shape index (κ1) is 14.6. The fourth-order valence-electron chi connectivity index (χ4n) is 1.85. The van der Waals surface area contributed by atoms with Crippen LogP contribution in [0.2, 0.25) is 0 Å². The molecule has 1 unspecified atom stereocenters. The van der Waals surface area contributed by atoms with Gasteiger partial charge in [0.2, 0.25) is 0 Å². The maximum atomic E-state index is 11.3. The Hall–Kier alpha value is -1.51. The second-order valence-corrected chi connectivity index (χ2v) is 4.93. The van der Waals surface area contributed by atoms with Gasteiger partial charge in [0, 0.05) is 0 Å². The summed E-state index contributed by atoms with van der Waals surface area (Å²) in [5.74, 6) is 0.658. The van der Waals surface area contributed by atoms with Gasteiger partial charge in [0.15, 0.2) is 0 Å². The van der Waals surface area contributed by atoms with Gasteiger partial charge in [-0.05, 0) is 37.3 Å². The van der Waals surface area contributed by atoms with Crippen LogP contribution in [0.4, 0.5) is 4.79 Å². The molecule has 0 aromatic heterocycles. The second-order valence-electron chi connectivity index (χ2n) is 4.93. The van der Waals surface area contributed by atoms with Gasteiger partial charge in [0.05, 0.1) is 12.6 Å². The van der Waals surface area contributed by atoms with E-state index in [0.29, 0.717) is 12.5 Å². The van der Waals surface area contributed by atoms with Crippen molar-refractivity contribution in [3.05, 3.63) is 35.4 Å². The normalized spacial score (nSPS) is 12.3. The molecule has 0 radical (unpaired) electrons. The summed E-state index contributed by atoms with van der Waals surface area (Å²) in [6.45, 7) is 8.56. The van der Waals surface area contributed by atoms with Crippen molar-refractivity contribution in [1.82, 2.24) is 5.32 Å². The first-order valence-corrected chi connectivity index (χ1v) is 6.55. The van der Waals surface area contributed by atoms with Crippen LogP contribution in [0.25, 0.3) is 0 Å². The van der Waals surface area contributed by atoms with Crippen molar-refractivity contribution in [2.45, 2.75) is 40.2 Å². The molecule has 0 spiro atoms. The molecule has 1 atom stereocenters. The number of nitrogens with one attached hydrogen (secondary N) is 1. The molecular weight excluding hydrogens is 226 g/mol. The van der Waals surface area contributed by atoms with E-state index in [1.54, 1.807) is 6.92 Å². The zero-order valence-corrected chi connectivity index (χ0v) is 11.7. The summed E-state index contributed by atoms with van der Waals surface area (Å²) in [4.78, 5) is 11.3. The lowest BCUT2D eigenvalue weighted by Crippen LogP contribution is -2.27. The molecule has 1 rings (SSSR count). The molecule has 0 aliphatic rings. The first-order valence-electron chi connectivity index (χ1n) is 6.55. The standard InChI is InChI=1S/C15H23NO2/c1-5-18-15(17)16-12(4)14-8-6-13(7-9-14)10-11(2)3/h6-9,11-12H,5,10H2,1-4H3,(H,16,17). The molecule has 0 heterocycles. The van der Waals surface area contributed by atoms with Gasteiger partial charge >= 0.3 is 6.09 Å². The Morgan fingerprint density at radius 3 is 2.33 bits per heavy atom. The van der Waals surface area contributed by atoms with E-state index in [1.165, 1.54) is 5.56 Å². The van der Waals surface area contributed by atoms with Crippen molar-refractivity contribution in [2.24, 2.45) is 5.92 Å². The maximum absolute atomic E-state index is 11.3. The fraction of sp³-hybridized carbons (Fsp3) is 0.533. The number of rotatable bonds is 5. The van der Waals surface area contributed by atoms with Gasteiger partial charge in [0.1, 0.15) is 0 Å². The molecule has 0 saturated heterocycles. The highest BCUT2D eigenvalue weighted by molar-refractivity contribution is 5.67. The van der Waals surface area contributed by atoms with Gasteiger partial charge in [-0.3, -0.25) is 0 Å². The quantitative estimate of drug-likeness (QED) is 0.864. The Morgan fingerprint density at radius 1 is 1.22 bits per heavy atom. The lowest BCUT2D eigenvalue weighted by Gasteiger charge is -2.14. The van der Waals surface area contributed by atoms with Crippen LogP contribution in [0, 0.1) is 5.92 Å². The largest absolute Gasteiger partial charge is 0.450 e. The molecule has 0 aliphatic heterocycles. The van der Waals surface area contributed by atoms with Gasteiger partial charge in [0.25, 0.3) is 0 Å². The summed E-state index contributed by atoms with van der Waals surface area (Å²) in [5, 5.41) is 2.80. The molecule has 1 aromatic carbocycles. The number of carbonyl (C=O) groups is 1. The van der Waals surface area contributed by atoms with Gasteiger partial charge in [-0.1, -0.05) is 38.1 Å². The minimum Gasteiger partial charge on any atom is -0.450 e. The van der Waals surface area contributed by atoms with Crippen LogP contribution in [0.1, 0.15) is 44.9 Å². The van der Waals surface area contributed by atoms with Crippen LogP contribution < -0.4 is 5.32 Å². The predicted molar refractivity (Wildman–Crippen MR) is 73.6 cm³/mol. The van der Waals surface area contributed by atoms with Crippen LogP contribution in [-0.2, 0) is 11.2 Å². The molecule has 3 nitrogen and oxygen atoms in total. The van der Waals surface area contributed by atoms with Crippen LogP contribution in [0.15, 0.2) is 24.3 Å². The van der Waals surface area contributed by atoms with E-state index in [0.717, 1.165) is 12.0 Å². The third-order valence-corrected chi connectivity index (χ3v) is 2.73. The van der Waals surface area contributed by atoms with Gasteiger partial charge in [-0.15, -0.1) is 0 Å². The Morgan fingerprint density at radius 2 is 1.83 bits per heavy atom. The third kappa shape index (κ3) is 4.78. The Bertz CT molecular complexity index is 371. The highest BCUT2D eigenvalue weighted by Crippen LogP contribution is 2.15. The Balaban J connectivity index is 2.58. The van der Waals surface area contributed by atoms with Crippen LogP contribution in [0.5, 0.6) is 0 Å². The van der Waals surface area contributed by atoms with E-state index >= 15 is 0 Å². The Labute approximate surface area is 110 Å². The van der Waals surface area contributed by atoms with Crippen molar-refractivity contribution >= 4 is 6.09 Å². The summed E-state index contributed by atoms with van der Waals surface area (Å²) in [5.41, 5.74) is 2.42. The van der Waals surface area contributed by atoms with E-state index < -0.39 is 0 Å². The van der Waals surface area contributed by atoms with Crippen molar-refractivity contribution in [3.63, 3.8) is 0 Å². The molecule has 0 fully saturated rings. The zero-order valence-electron chi connectivity index (χ0n) is 11.7. The number of benzene rings is 1. The number of hydrogen-bond acceptors (Lipinski definition) is 2.